The molecule has 11 rings (SSSR count). The highest BCUT2D eigenvalue weighted by atomic mass is 32.1. The van der Waals surface area contributed by atoms with Crippen molar-refractivity contribution in [2.75, 3.05) is 4.90 Å². The lowest BCUT2D eigenvalue weighted by Gasteiger charge is -2.27. The van der Waals surface area contributed by atoms with Gasteiger partial charge in [-0.3, -0.25) is 0 Å². The highest BCUT2D eigenvalue weighted by Gasteiger charge is 2.19. The van der Waals surface area contributed by atoms with Crippen molar-refractivity contribution in [2.45, 2.75) is 0 Å². The Bertz CT molecular complexity index is 3200. The predicted octanol–water partition coefficient (Wildman–Crippen LogP) is 16.0. The summed E-state index contributed by atoms with van der Waals surface area (Å²) in [5.74, 6) is 0. The first kappa shape index (κ1) is 32.0. The van der Waals surface area contributed by atoms with Gasteiger partial charge in [-0.2, -0.15) is 0 Å². The molecule has 0 radical (unpaired) electrons. The van der Waals surface area contributed by atoms with E-state index in [1.54, 1.807) is 0 Å². The lowest BCUT2D eigenvalue weighted by molar-refractivity contribution is 1.30. The summed E-state index contributed by atoms with van der Waals surface area (Å²) in [6, 6.07) is 73.4. The van der Waals surface area contributed by atoms with Crippen molar-refractivity contribution in [2.24, 2.45) is 0 Å². The summed E-state index contributed by atoms with van der Waals surface area (Å²) >= 11 is 3.73. The molecule has 0 saturated carbocycles. The van der Waals surface area contributed by atoms with Gasteiger partial charge in [0, 0.05) is 51.7 Å². The van der Waals surface area contributed by atoms with E-state index >= 15 is 0 Å². The zero-order valence-corrected chi connectivity index (χ0v) is 31.4. The second-order valence-corrected chi connectivity index (χ2v) is 16.2. The molecule has 0 spiro atoms. The van der Waals surface area contributed by atoms with Crippen molar-refractivity contribution in [1.29, 1.82) is 0 Å². The molecule has 0 unspecified atom stereocenters. The van der Waals surface area contributed by atoms with Gasteiger partial charge >= 0.3 is 0 Å². The number of hydrogen-bond acceptors (Lipinski definition) is 3. The molecule has 0 bridgehead atoms. The summed E-state index contributed by atoms with van der Waals surface area (Å²) in [7, 11) is 0. The highest BCUT2D eigenvalue weighted by molar-refractivity contribution is 7.26. The Balaban J connectivity index is 1.03. The minimum absolute atomic E-state index is 1.12. The fraction of sp³-hybridized carbons (Fsp3) is 0. The summed E-state index contributed by atoms with van der Waals surface area (Å²) in [4.78, 5) is 2.43. The molecule has 11 aromatic rings. The van der Waals surface area contributed by atoms with Crippen LogP contribution in [-0.2, 0) is 0 Å². The molecule has 1 nitrogen and oxygen atoms in total. The maximum atomic E-state index is 2.43. The molecule has 2 aromatic heterocycles. The Labute approximate surface area is 327 Å². The smallest absolute Gasteiger partial charge is 0.0554 e. The van der Waals surface area contributed by atoms with Crippen molar-refractivity contribution in [1.82, 2.24) is 0 Å². The molecule has 0 atom stereocenters. The van der Waals surface area contributed by atoms with Crippen LogP contribution in [0.4, 0.5) is 17.1 Å². The topological polar surface area (TPSA) is 3.24 Å². The second-order valence-electron chi connectivity index (χ2n) is 14.1. The molecular formula is C52H33NS2. The number of hydrogen-bond donors (Lipinski definition) is 0. The first-order valence-electron chi connectivity index (χ1n) is 18.7. The number of nitrogens with zero attached hydrogens (tertiary/aromatic N) is 1. The van der Waals surface area contributed by atoms with Gasteiger partial charge in [-0.05, 0) is 105 Å². The van der Waals surface area contributed by atoms with Gasteiger partial charge in [0.1, 0.15) is 0 Å². The number of rotatable bonds is 6. The molecule has 0 N–H and O–H groups in total. The largest absolute Gasteiger partial charge is 0.310 e. The average molecular weight is 736 g/mol. The third-order valence-corrected chi connectivity index (χ3v) is 13.2. The van der Waals surface area contributed by atoms with Crippen LogP contribution in [0.1, 0.15) is 0 Å². The predicted molar refractivity (Wildman–Crippen MR) is 241 cm³/mol. The van der Waals surface area contributed by atoms with E-state index in [1.807, 2.05) is 22.7 Å². The SMILES string of the molecule is c1cc(-c2ccc(N(c3ccc(-c4cccc5sc6ccccc6c45)cc3)c3cccc4sc5ccccc5c34)cc2)cc(-c2cccc3ccccc23)c1. The third-order valence-electron chi connectivity index (χ3n) is 10.9. The summed E-state index contributed by atoms with van der Waals surface area (Å²) < 4.78 is 5.24. The zero-order chi connectivity index (χ0) is 36.3. The molecule has 9 aromatic carbocycles. The van der Waals surface area contributed by atoms with Gasteiger partial charge in [-0.1, -0.05) is 140 Å². The van der Waals surface area contributed by atoms with E-state index in [-0.39, 0.29) is 0 Å². The quantitative estimate of drug-likeness (QED) is 0.164. The fourth-order valence-electron chi connectivity index (χ4n) is 8.32. The summed E-state index contributed by atoms with van der Waals surface area (Å²) in [5, 5.41) is 7.76. The summed E-state index contributed by atoms with van der Waals surface area (Å²) in [6.45, 7) is 0. The monoisotopic (exact) mass is 735 g/mol. The fourth-order valence-corrected chi connectivity index (χ4v) is 10.6. The van der Waals surface area contributed by atoms with Gasteiger partial charge in [0.05, 0.1) is 5.69 Å². The average Bonchev–Trinajstić information content (AvgIpc) is 3.83. The molecule has 0 saturated heterocycles. The van der Waals surface area contributed by atoms with Crippen LogP contribution >= 0.6 is 22.7 Å². The summed E-state index contributed by atoms with van der Waals surface area (Å²) in [5.41, 5.74) is 10.8. The summed E-state index contributed by atoms with van der Waals surface area (Å²) in [6.07, 6.45) is 0. The standard InChI is InChI=1S/C52H33NS2/c1-2-15-41-35(11-1)12-8-18-42(41)38-14-7-13-37(33-38)34-25-29-39(30-26-34)53(46-20-10-24-50-52(46)45-17-4-6-22-48(45)55-50)40-31-27-36(28-32-40)43-19-9-23-49-51(43)44-16-3-5-21-47(44)54-49/h1-33H. The Hall–Kier alpha value is -6.52. The van der Waals surface area contributed by atoms with Gasteiger partial charge in [0.15, 0.2) is 0 Å². The molecule has 0 aliphatic rings. The van der Waals surface area contributed by atoms with Gasteiger partial charge in [0.2, 0.25) is 0 Å². The van der Waals surface area contributed by atoms with Crippen LogP contribution in [0.3, 0.4) is 0 Å². The van der Waals surface area contributed by atoms with Crippen LogP contribution in [-0.4, -0.2) is 0 Å². The normalized spacial score (nSPS) is 11.6. The molecule has 0 aliphatic heterocycles. The van der Waals surface area contributed by atoms with E-state index in [0.717, 1.165) is 11.4 Å². The van der Waals surface area contributed by atoms with Crippen molar-refractivity contribution in [3.63, 3.8) is 0 Å². The Morgan fingerprint density at radius 1 is 0.309 bits per heavy atom. The molecule has 0 aliphatic carbocycles. The van der Waals surface area contributed by atoms with Gasteiger partial charge in [-0.15, -0.1) is 22.7 Å². The molecule has 0 amide bonds. The number of benzene rings is 9. The van der Waals surface area contributed by atoms with E-state index in [1.165, 1.54) is 90.2 Å². The second kappa shape index (κ2) is 13.1. The molecule has 258 valence electrons. The van der Waals surface area contributed by atoms with Crippen molar-refractivity contribution in [3.8, 4) is 33.4 Å². The van der Waals surface area contributed by atoms with E-state index in [0.29, 0.717) is 0 Å². The van der Waals surface area contributed by atoms with Crippen LogP contribution in [0, 0.1) is 0 Å². The van der Waals surface area contributed by atoms with Crippen molar-refractivity contribution >= 4 is 90.9 Å². The van der Waals surface area contributed by atoms with Crippen LogP contribution in [0.25, 0.3) is 84.5 Å². The van der Waals surface area contributed by atoms with E-state index in [2.05, 4.69) is 205 Å². The Morgan fingerprint density at radius 2 is 0.818 bits per heavy atom. The van der Waals surface area contributed by atoms with E-state index in [4.69, 9.17) is 0 Å². The molecular weight excluding hydrogens is 703 g/mol. The molecule has 3 heteroatoms. The maximum absolute atomic E-state index is 2.43. The van der Waals surface area contributed by atoms with Crippen LogP contribution < -0.4 is 4.90 Å². The minimum Gasteiger partial charge on any atom is -0.310 e. The number of anilines is 3. The first-order chi connectivity index (χ1) is 27.3. The Morgan fingerprint density at radius 3 is 1.56 bits per heavy atom. The molecule has 2 heterocycles. The molecule has 0 fully saturated rings. The van der Waals surface area contributed by atoms with E-state index < -0.39 is 0 Å². The molecule has 55 heavy (non-hydrogen) atoms. The third kappa shape index (κ3) is 5.43. The van der Waals surface area contributed by atoms with Gasteiger partial charge < -0.3 is 4.90 Å². The van der Waals surface area contributed by atoms with Crippen molar-refractivity contribution in [3.05, 3.63) is 200 Å². The lowest BCUT2D eigenvalue weighted by Crippen LogP contribution is -2.10. The zero-order valence-electron chi connectivity index (χ0n) is 29.8. The number of fused-ring (bicyclic) bond motifs is 7. The Kier molecular flexibility index (Phi) is 7.61. The van der Waals surface area contributed by atoms with Crippen LogP contribution in [0.5, 0.6) is 0 Å². The van der Waals surface area contributed by atoms with E-state index in [9.17, 15) is 0 Å². The van der Waals surface area contributed by atoms with Crippen LogP contribution in [0.15, 0.2) is 200 Å². The highest BCUT2D eigenvalue weighted by Crippen LogP contribution is 2.46. The number of thiophene rings is 2. The van der Waals surface area contributed by atoms with Crippen molar-refractivity contribution < 1.29 is 0 Å². The van der Waals surface area contributed by atoms with Gasteiger partial charge in [0.25, 0.3) is 0 Å². The lowest BCUT2D eigenvalue weighted by atomic mass is 9.95. The van der Waals surface area contributed by atoms with Gasteiger partial charge in [-0.25, -0.2) is 0 Å². The minimum atomic E-state index is 1.12. The first-order valence-corrected chi connectivity index (χ1v) is 20.3. The van der Waals surface area contributed by atoms with Crippen LogP contribution in [0.2, 0.25) is 0 Å². The maximum Gasteiger partial charge on any atom is 0.0554 e.